The van der Waals surface area contributed by atoms with E-state index < -0.39 is 0 Å². The van der Waals surface area contributed by atoms with Gasteiger partial charge in [0.05, 0.1) is 26.4 Å². The summed E-state index contributed by atoms with van der Waals surface area (Å²) >= 11 is 0. The lowest BCUT2D eigenvalue weighted by molar-refractivity contribution is -0.105. The summed E-state index contributed by atoms with van der Waals surface area (Å²) in [4.78, 5) is 0. The largest absolute Gasteiger partial charge is 0.412 e. The molecule has 1 aliphatic heterocycles. The Hall–Kier alpha value is -0.160. The second-order valence-corrected chi connectivity index (χ2v) is 1.75. The lowest BCUT2D eigenvalue weighted by Gasteiger charge is -2.20. The molecule has 0 spiro atoms. The first-order chi connectivity index (χ1) is 3.93. The van der Waals surface area contributed by atoms with E-state index in [9.17, 15) is 0 Å². The minimum Gasteiger partial charge on any atom is -0.412 e. The molecule has 4 nitrogen and oxygen atoms in total. The Bertz CT molecular complexity index is 60.0. The maximum Gasteiger partial charge on any atom is 0.104 e. The van der Waals surface area contributed by atoms with Gasteiger partial charge in [0.15, 0.2) is 0 Å². The summed E-state index contributed by atoms with van der Waals surface area (Å²) in [5.74, 6) is 0. The van der Waals surface area contributed by atoms with Gasteiger partial charge in [-0.1, -0.05) is 0 Å². The third kappa shape index (κ3) is 2.76. The molecule has 0 bridgehead atoms. The van der Waals surface area contributed by atoms with Crippen LogP contribution in [0.1, 0.15) is 0 Å². The number of hydrogen-bond acceptors (Lipinski definition) is 3. The highest BCUT2D eigenvalue weighted by atomic mass is 16.6. The highest BCUT2D eigenvalue weighted by molar-refractivity contribution is 4.56. The van der Waals surface area contributed by atoms with Crippen LogP contribution in [0.3, 0.4) is 0 Å². The Morgan fingerprint density at radius 1 is 1.44 bits per heavy atom. The van der Waals surface area contributed by atoms with Crippen molar-refractivity contribution in [3.8, 4) is 0 Å². The first kappa shape index (κ1) is 8.84. The molecule has 1 heterocycles. The second-order valence-electron chi connectivity index (χ2n) is 1.75. The van der Waals surface area contributed by atoms with Crippen LogP contribution >= 0.6 is 0 Å². The molecular formula is C5H12O4. The monoisotopic (exact) mass is 136 g/mol. The number of hydrogen-bond donors (Lipinski definition) is 1. The van der Waals surface area contributed by atoms with Gasteiger partial charge in [-0.05, 0) is 0 Å². The fraction of sp³-hybridized carbons (Fsp3) is 1.00. The lowest BCUT2D eigenvalue weighted by Crippen LogP contribution is -2.31. The lowest BCUT2D eigenvalue weighted by atomic mass is 10.4. The standard InChI is InChI=1S/C5H10O3.H2O/c6-3-5-4-7-1-2-8-5;/h5-6H,1-4H2;1H2/t5-;/m1./s1. The van der Waals surface area contributed by atoms with Crippen LogP contribution < -0.4 is 0 Å². The summed E-state index contributed by atoms with van der Waals surface area (Å²) in [6, 6.07) is 0. The Labute approximate surface area is 53.7 Å². The Morgan fingerprint density at radius 3 is 2.56 bits per heavy atom. The first-order valence-electron chi connectivity index (χ1n) is 2.73. The van der Waals surface area contributed by atoms with Gasteiger partial charge < -0.3 is 20.1 Å². The van der Waals surface area contributed by atoms with Crippen LogP contribution in [-0.4, -0.2) is 43.1 Å². The molecule has 0 amide bonds. The molecule has 0 aliphatic carbocycles. The van der Waals surface area contributed by atoms with Crippen LogP contribution in [0.4, 0.5) is 0 Å². The molecule has 56 valence electrons. The molecule has 0 saturated carbocycles. The Morgan fingerprint density at radius 2 is 2.22 bits per heavy atom. The predicted molar refractivity (Wildman–Crippen MR) is 31.3 cm³/mol. The van der Waals surface area contributed by atoms with Crippen molar-refractivity contribution < 1.29 is 20.1 Å². The van der Waals surface area contributed by atoms with E-state index in [1.54, 1.807) is 0 Å². The van der Waals surface area contributed by atoms with E-state index >= 15 is 0 Å². The average molecular weight is 136 g/mol. The van der Waals surface area contributed by atoms with Crippen molar-refractivity contribution in [3.63, 3.8) is 0 Å². The molecule has 0 radical (unpaired) electrons. The summed E-state index contributed by atoms with van der Waals surface area (Å²) in [5, 5.41) is 8.49. The van der Waals surface area contributed by atoms with Crippen LogP contribution in [0, 0.1) is 0 Å². The summed E-state index contributed by atoms with van der Waals surface area (Å²) < 4.78 is 10.0. The quantitative estimate of drug-likeness (QED) is 0.480. The van der Waals surface area contributed by atoms with E-state index in [1.165, 1.54) is 0 Å². The van der Waals surface area contributed by atoms with Crippen molar-refractivity contribution in [2.45, 2.75) is 6.10 Å². The van der Waals surface area contributed by atoms with Gasteiger partial charge in [0, 0.05) is 0 Å². The van der Waals surface area contributed by atoms with Gasteiger partial charge >= 0.3 is 0 Å². The third-order valence-corrected chi connectivity index (χ3v) is 1.09. The zero-order chi connectivity index (χ0) is 5.82. The molecule has 1 aliphatic rings. The maximum absolute atomic E-state index is 8.49. The van der Waals surface area contributed by atoms with Gasteiger partial charge in [-0.15, -0.1) is 0 Å². The fourth-order valence-electron chi connectivity index (χ4n) is 0.642. The van der Waals surface area contributed by atoms with Crippen LogP contribution in [-0.2, 0) is 9.47 Å². The maximum atomic E-state index is 8.49. The van der Waals surface area contributed by atoms with Crippen molar-refractivity contribution >= 4 is 0 Å². The summed E-state index contributed by atoms with van der Waals surface area (Å²) in [6.45, 7) is 1.89. The van der Waals surface area contributed by atoms with E-state index in [1.807, 2.05) is 0 Å². The smallest absolute Gasteiger partial charge is 0.104 e. The fourth-order valence-corrected chi connectivity index (χ4v) is 0.642. The molecule has 0 aromatic heterocycles. The number of ether oxygens (including phenoxy) is 2. The molecule has 9 heavy (non-hydrogen) atoms. The summed E-state index contributed by atoms with van der Waals surface area (Å²) in [5.41, 5.74) is 0. The SMILES string of the molecule is O.OC[C@@H]1COCCO1. The molecule has 1 fully saturated rings. The first-order valence-corrected chi connectivity index (χ1v) is 2.73. The van der Waals surface area contributed by atoms with Gasteiger partial charge in [0.1, 0.15) is 6.10 Å². The molecule has 3 N–H and O–H groups in total. The van der Waals surface area contributed by atoms with Gasteiger partial charge in [-0.25, -0.2) is 0 Å². The molecule has 0 aromatic carbocycles. The van der Waals surface area contributed by atoms with E-state index in [2.05, 4.69) is 0 Å². The number of rotatable bonds is 1. The second kappa shape index (κ2) is 4.69. The van der Waals surface area contributed by atoms with E-state index in [4.69, 9.17) is 14.6 Å². The predicted octanol–water partition coefficient (Wildman–Crippen LogP) is -1.43. The Balaban J connectivity index is 0.000000640. The van der Waals surface area contributed by atoms with Crippen molar-refractivity contribution in [2.24, 2.45) is 0 Å². The zero-order valence-electron chi connectivity index (χ0n) is 5.17. The molecule has 1 rings (SSSR count). The van der Waals surface area contributed by atoms with Crippen molar-refractivity contribution in [1.82, 2.24) is 0 Å². The number of aliphatic hydroxyl groups excluding tert-OH is 1. The summed E-state index contributed by atoms with van der Waals surface area (Å²) in [7, 11) is 0. The minimum atomic E-state index is -0.0799. The van der Waals surface area contributed by atoms with Gasteiger partial charge in [-0.2, -0.15) is 0 Å². The topological polar surface area (TPSA) is 70.2 Å². The van der Waals surface area contributed by atoms with Crippen LogP contribution in [0.5, 0.6) is 0 Å². The van der Waals surface area contributed by atoms with Crippen LogP contribution in [0.25, 0.3) is 0 Å². The van der Waals surface area contributed by atoms with Crippen molar-refractivity contribution in [3.05, 3.63) is 0 Å². The van der Waals surface area contributed by atoms with E-state index in [0.29, 0.717) is 19.8 Å². The van der Waals surface area contributed by atoms with Crippen LogP contribution in [0.2, 0.25) is 0 Å². The van der Waals surface area contributed by atoms with Gasteiger partial charge in [-0.3, -0.25) is 0 Å². The molecule has 4 heteroatoms. The highest BCUT2D eigenvalue weighted by Crippen LogP contribution is 1.97. The van der Waals surface area contributed by atoms with E-state index in [0.717, 1.165) is 0 Å². The molecule has 0 unspecified atom stereocenters. The van der Waals surface area contributed by atoms with Crippen molar-refractivity contribution in [1.29, 1.82) is 0 Å². The van der Waals surface area contributed by atoms with Crippen molar-refractivity contribution in [2.75, 3.05) is 26.4 Å². The van der Waals surface area contributed by atoms with Gasteiger partial charge in [0.25, 0.3) is 0 Å². The minimum absolute atomic E-state index is 0. The molecule has 0 aromatic rings. The highest BCUT2D eigenvalue weighted by Gasteiger charge is 2.11. The third-order valence-electron chi connectivity index (χ3n) is 1.09. The van der Waals surface area contributed by atoms with Gasteiger partial charge in [0.2, 0.25) is 0 Å². The molecule has 1 saturated heterocycles. The van der Waals surface area contributed by atoms with Crippen LogP contribution in [0.15, 0.2) is 0 Å². The molecule has 1 atom stereocenters. The number of aliphatic hydroxyl groups is 1. The zero-order valence-corrected chi connectivity index (χ0v) is 5.17. The van der Waals surface area contributed by atoms with E-state index in [-0.39, 0.29) is 18.2 Å². The summed E-state index contributed by atoms with van der Waals surface area (Å²) in [6.07, 6.45) is -0.0799. The molecular weight excluding hydrogens is 124 g/mol. The average Bonchev–Trinajstić information content (AvgIpc) is 1.90. The Kier molecular flexibility index (Phi) is 4.61. The normalized spacial score (nSPS) is 27.0.